The van der Waals surface area contributed by atoms with Crippen molar-refractivity contribution >= 4 is 5.91 Å². The summed E-state index contributed by atoms with van der Waals surface area (Å²) in [7, 11) is 0. The number of nitrogens with one attached hydrogen (secondary N) is 1. The Bertz CT molecular complexity index is 555. The van der Waals surface area contributed by atoms with Crippen LogP contribution in [0, 0.1) is 23.7 Å². The molecule has 3 heteroatoms. The van der Waals surface area contributed by atoms with E-state index in [1.54, 1.807) is 0 Å². The van der Waals surface area contributed by atoms with Crippen LogP contribution >= 0.6 is 0 Å². The summed E-state index contributed by atoms with van der Waals surface area (Å²) in [6, 6.07) is 8.01. The summed E-state index contributed by atoms with van der Waals surface area (Å²) in [5.41, 5.74) is 0.729. The van der Waals surface area contributed by atoms with E-state index in [0.717, 1.165) is 41.4 Å². The van der Waals surface area contributed by atoms with Crippen molar-refractivity contribution in [2.24, 2.45) is 23.7 Å². The van der Waals surface area contributed by atoms with Crippen molar-refractivity contribution < 1.29 is 9.53 Å². The van der Waals surface area contributed by atoms with Crippen LogP contribution in [0.3, 0.4) is 0 Å². The molecule has 0 aromatic heterocycles. The Hall–Kier alpha value is -1.51. The van der Waals surface area contributed by atoms with Gasteiger partial charge in [0.05, 0.1) is 6.61 Å². The van der Waals surface area contributed by atoms with Crippen LogP contribution in [0.25, 0.3) is 0 Å². The zero-order valence-electron chi connectivity index (χ0n) is 14.0. The number of carbonyl (C=O) groups is 1. The highest BCUT2D eigenvalue weighted by Gasteiger charge is 2.48. The minimum Gasteiger partial charge on any atom is -0.494 e. The van der Waals surface area contributed by atoms with E-state index in [9.17, 15) is 4.79 Å². The maximum absolute atomic E-state index is 12.7. The summed E-state index contributed by atoms with van der Waals surface area (Å²) >= 11 is 0. The summed E-state index contributed by atoms with van der Waals surface area (Å²) in [5.74, 6) is 4.19. The van der Waals surface area contributed by atoms with Crippen LogP contribution in [0.2, 0.25) is 0 Å². The van der Waals surface area contributed by atoms with Gasteiger partial charge in [-0.15, -0.1) is 0 Å². The zero-order chi connectivity index (χ0) is 15.8. The largest absolute Gasteiger partial charge is 0.494 e. The maximum atomic E-state index is 12.7. The fourth-order valence-electron chi connectivity index (χ4n) is 5.34. The smallest absolute Gasteiger partial charge is 0.251 e. The van der Waals surface area contributed by atoms with Crippen molar-refractivity contribution in [3.05, 3.63) is 29.8 Å². The first-order valence-corrected chi connectivity index (χ1v) is 9.26. The lowest BCUT2D eigenvalue weighted by Crippen LogP contribution is -2.55. The molecule has 0 atom stereocenters. The molecule has 0 heterocycles. The van der Waals surface area contributed by atoms with Crippen LogP contribution in [-0.4, -0.2) is 18.6 Å². The lowest BCUT2D eigenvalue weighted by atomic mass is 9.54. The van der Waals surface area contributed by atoms with Crippen molar-refractivity contribution in [2.75, 3.05) is 6.61 Å². The predicted molar refractivity (Wildman–Crippen MR) is 90.5 cm³/mol. The normalized spacial score (nSPS) is 34.4. The SMILES string of the molecule is CCCOc1cccc(C(=O)NC2C3CC4CC(C3)CC2C4)c1. The first kappa shape index (κ1) is 15.0. The summed E-state index contributed by atoms with van der Waals surface area (Å²) in [6.45, 7) is 2.78. The van der Waals surface area contributed by atoms with E-state index in [1.807, 2.05) is 24.3 Å². The van der Waals surface area contributed by atoms with Gasteiger partial charge in [0.1, 0.15) is 5.75 Å². The Labute approximate surface area is 138 Å². The molecule has 0 radical (unpaired) electrons. The zero-order valence-corrected chi connectivity index (χ0v) is 14.0. The van der Waals surface area contributed by atoms with Gasteiger partial charge in [0.25, 0.3) is 5.91 Å². The topological polar surface area (TPSA) is 38.3 Å². The number of benzene rings is 1. The van der Waals surface area contributed by atoms with Gasteiger partial charge < -0.3 is 10.1 Å². The molecule has 0 aliphatic heterocycles. The van der Waals surface area contributed by atoms with E-state index in [2.05, 4.69) is 12.2 Å². The van der Waals surface area contributed by atoms with Crippen LogP contribution in [0.15, 0.2) is 24.3 Å². The van der Waals surface area contributed by atoms with Gasteiger partial charge in [-0.25, -0.2) is 0 Å². The van der Waals surface area contributed by atoms with Crippen molar-refractivity contribution in [3.8, 4) is 5.75 Å². The third-order valence-corrected chi connectivity index (χ3v) is 6.09. The molecule has 0 spiro atoms. The predicted octanol–water partition coefficient (Wildman–Crippen LogP) is 4.03. The van der Waals surface area contributed by atoms with Crippen LogP contribution in [0.1, 0.15) is 55.8 Å². The second-order valence-corrected chi connectivity index (χ2v) is 7.81. The van der Waals surface area contributed by atoms with E-state index in [4.69, 9.17) is 4.74 Å². The highest BCUT2D eigenvalue weighted by Crippen LogP contribution is 2.53. The molecule has 4 aliphatic rings. The summed E-state index contributed by atoms with van der Waals surface area (Å²) in [6.07, 6.45) is 7.75. The fourth-order valence-corrected chi connectivity index (χ4v) is 5.34. The molecule has 1 amide bonds. The monoisotopic (exact) mass is 313 g/mol. The standard InChI is InChI=1S/C20H27NO2/c1-2-6-23-18-5-3-4-15(12-18)20(22)21-19-16-8-13-7-14(10-16)11-17(19)9-13/h3-5,12-14,16-17,19H,2,6-11H2,1H3,(H,21,22). The molecule has 124 valence electrons. The summed E-state index contributed by atoms with van der Waals surface area (Å²) in [5, 5.41) is 3.37. The third kappa shape index (κ3) is 2.98. The first-order chi connectivity index (χ1) is 11.2. The Morgan fingerprint density at radius 1 is 1.13 bits per heavy atom. The lowest BCUT2D eigenvalue weighted by molar-refractivity contribution is -0.0119. The number of carbonyl (C=O) groups excluding carboxylic acids is 1. The van der Waals surface area contributed by atoms with E-state index in [1.165, 1.54) is 32.1 Å². The van der Waals surface area contributed by atoms with Crippen molar-refractivity contribution in [1.82, 2.24) is 5.32 Å². The Morgan fingerprint density at radius 3 is 2.48 bits per heavy atom. The van der Waals surface area contributed by atoms with Crippen LogP contribution in [0.4, 0.5) is 0 Å². The molecule has 0 unspecified atom stereocenters. The number of amides is 1. The van der Waals surface area contributed by atoms with Crippen molar-refractivity contribution in [2.45, 2.75) is 51.5 Å². The second-order valence-electron chi connectivity index (χ2n) is 7.81. The van der Waals surface area contributed by atoms with Crippen molar-refractivity contribution in [3.63, 3.8) is 0 Å². The Balaban J connectivity index is 1.44. The molecule has 4 saturated carbocycles. The van der Waals surface area contributed by atoms with Gasteiger partial charge in [-0.1, -0.05) is 13.0 Å². The van der Waals surface area contributed by atoms with E-state index < -0.39 is 0 Å². The molecule has 23 heavy (non-hydrogen) atoms. The first-order valence-electron chi connectivity index (χ1n) is 9.26. The van der Waals surface area contributed by atoms with Gasteiger partial charge in [-0.05, 0) is 80.4 Å². The third-order valence-electron chi connectivity index (χ3n) is 6.09. The average Bonchev–Trinajstić information content (AvgIpc) is 2.55. The van der Waals surface area contributed by atoms with Gasteiger partial charge in [0, 0.05) is 11.6 Å². The van der Waals surface area contributed by atoms with E-state index in [-0.39, 0.29) is 5.91 Å². The molecule has 4 aliphatic carbocycles. The van der Waals surface area contributed by atoms with Gasteiger partial charge in [-0.3, -0.25) is 4.79 Å². The molecule has 5 rings (SSSR count). The minimum atomic E-state index is 0.0735. The highest BCUT2D eigenvalue weighted by atomic mass is 16.5. The quantitative estimate of drug-likeness (QED) is 0.891. The molecule has 1 N–H and O–H groups in total. The number of rotatable bonds is 5. The summed E-state index contributed by atoms with van der Waals surface area (Å²) < 4.78 is 5.65. The van der Waals surface area contributed by atoms with Crippen molar-refractivity contribution in [1.29, 1.82) is 0 Å². The van der Waals surface area contributed by atoms with Gasteiger partial charge in [0.2, 0.25) is 0 Å². The molecule has 4 fully saturated rings. The molecule has 1 aromatic rings. The number of ether oxygens (including phenoxy) is 1. The average molecular weight is 313 g/mol. The second kappa shape index (κ2) is 6.18. The van der Waals surface area contributed by atoms with Crippen LogP contribution < -0.4 is 10.1 Å². The molecular formula is C20H27NO2. The number of hydrogen-bond acceptors (Lipinski definition) is 2. The Morgan fingerprint density at radius 2 is 1.83 bits per heavy atom. The maximum Gasteiger partial charge on any atom is 0.251 e. The van der Waals surface area contributed by atoms with Crippen LogP contribution in [0.5, 0.6) is 5.75 Å². The minimum absolute atomic E-state index is 0.0735. The fraction of sp³-hybridized carbons (Fsp3) is 0.650. The summed E-state index contributed by atoms with van der Waals surface area (Å²) in [4.78, 5) is 12.7. The van der Waals surface area contributed by atoms with Crippen LogP contribution in [-0.2, 0) is 0 Å². The van der Waals surface area contributed by atoms with Gasteiger partial charge in [-0.2, -0.15) is 0 Å². The molecule has 3 nitrogen and oxygen atoms in total. The number of hydrogen-bond donors (Lipinski definition) is 1. The van der Waals surface area contributed by atoms with Gasteiger partial charge >= 0.3 is 0 Å². The molecular weight excluding hydrogens is 286 g/mol. The van der Waals surface area contributed by atoms with E-state index >= 15 is 0 Å². The highest BCUT2D eigenvalue weighted by molar-refractivity contribution is 5.94. The molecule has 1 aromatic carbocycles. The molecule has 0 saturated heterocycles. The van der Waals surface area contributed by atoms with E-state index in [0.29, 0.717) is 12.6 Å². The Kier molecular flexibility index (Phi) is 4.04. The van der Waals surface area contributed by atoms with Gasteiger partial charge in [0.15, 0.2) is 0 Å². The lowest BCUT2D eigenvalue weighted by Gasteiger charge is -2.54. The molecule has 4 bridgehead atoms.